The maximum atomic E-state index is 13.1. The predicted octanol–water partition coefficient (Wildman–Crippen LogP) is 6.55. The number of likely N-dealkylation sites (tertiary alicyclic amines) is 1. The summed E-state index contributed by atoms with van der Waals surface area (Å²) in [6.07, 6.45) is -0.569. The van der Waals surface area contributed by atoms with E-state index in [-0.39, 0.29) is 30.8 Å². The van der Waals surface area contributed by atoms with Gasteiger partial charge in [0.1, 0.15) is 5.60 Å². The van der Waals surface area contributed by atoms with Crippen LogP contribution < -0.4 is 0 Å². The number of aryl methyl sites for hydroxylation is 1. The fourth-order valence-corrected chi connectivity index (χ4v) is 5.66. The molecule has 35 heavy (non-hydrogen) atoms. The third-order valence-electron chi connectivity index (χ3n) is 7.39. The lowest BCUT2D eigenvalue weighted by molar-refractivity contribution is -0.182. The molecule has 2 fully saturated rings. The van der Waals surface area contributed by atoms with Crippen molar-refractivity contribution in [1.29, 1.82) is 0 Å². The van der Waals surface area contributed by atoms with Gasteiger partial charge in [-0.1, -0.05) is 6.92 Å². The molecular weight excluding hydrogens is 457 g/mol. The van der Waals surface area contributed by atoms with Gasteiger partial charge in [0.15, 0.2) is 5.65 Å². The van der Waals surface area contributed by atoms with Crippen LogP contribution in [-0.2, 0) is 11.2 Å². The number of piperidine rings is 1. The Kier molecular flexibility index (Phi) is 7.08. The van der Waals surface area contributed by atoms with Crippen molar-refractivity contribution in [2.24, 2.45) is 5.92 Å². The van der Waals surface area contributed by atoms with Crippen LogP contribution in [0.1, 0.15) is 101 Å². The molecule has 3 heterocycles. The first-order valence-electron chi connectivity index (χ1n) is 12.8. The molecule has 0 spiro atoms. The second kappa shape index (κ2) is 9.62. The molecule has 1 saturated carbocycles. The summed E-state index contributed by atoms with van der Waals surface area (Å²) in [5.41, 5.74) is 4.14. The Labute approximate surface area is 205 Å². The number of amides is 1. The molecule has 2 aliphatic rings. The van der Waals surface area contributed by atoms with Gasteiger partial charge >= 0.3 is 12.3 Å². The maximum absolute atomic E-state index is 13.1. The maximum Gasteiger partial charge on any atom is 0.410 e. The summed E-state index contributed by atoms with van der Waals surface area (Å²) >= 11 is 0. The molecule has 0 bridgehead atoms. The lowest BCUT2D eigenvalue weighted by Crippen LogP contribution is -2.42. The molecule has 2 aromatic heterocycles. The highest BCUT2D eigenvalue weighted by Gasteiger charge is 2.42. The van der Waals surface area contributed by atoms with Crippen LogP contribution in [0.2, 0.25) is 0 Å². The van der Waals surface area contributed by atoms with Gasteiger partial charge < -0.3 is 9.64 Å². The van der Waals surface area contributed by atoms with Gasteiger partial charge in [-0.3, -0.25) is 0 Å². The Morgan fingerprint density at radius 3 is 2.40 bits per heavy atom. The van der Waals surface area contributed by atoms with E-state index >= 15 is 0 Å². The van der Waals surface area contributed by atoms with Crippen molar-refractivity contribution in [2.75, 3.05) is 13.1 Å². The van der Waals surface area contributed by atoms with E-state index in [1.807, 2.05) is 38.3 Å². The summed E-state index contributed by atoms with van der Waals surface area (Å²) in [4.78, 5) is 19.3. The summed E-state index contributed by atoms with van der Waals surface area (Å²) in [5.74, 6) is -1.11. The highest BCUT2D eigenvalue weighted by Crippen LogP contribution is 2.43. The van der Waals surface area contributed by atoms with E-state index in [9.17, 15) is 18.0 Å². The number of nitrogens with zero attached hydrogens (tertiary/aromatic N) is 4. The Hall–Kier alpha value is -2.32. The van der Waals surface area contributed by atoms with Crippen molar-refractivity contribution < 1.29 is 22.7 Å². The molecule has 0 N–H and O–H groups in total. The molecule has 9 heteroatoms. The van der Waals surface area contributed by atoms with Crippen LogP contribution in [0.25, 0.3) is 5.65 Å². The summed E-state index contributed by atoms with van der Waals surface area (Å²) in [6, 6.07) is 1.95. The van der Waals surface area contributed by atoms with E-state index in [1.54, 1.807) is 4.90 Å². The van der Waals surface area contributed by atoms with Gasteiger partial charge in [-0.2, -0.15) is 18.3 Å². The summed E-state index contributed by atoms with van der Waals surface area (Å²) in [5, 5.41) is 4.92. The molecular formula is C26H37F3N4O2. The minimum atomic E-state index is -4.12. The topological polar surface area (TPSA) is 59.7 Å². The Morgan fingerprint density at radius 1 is 1.11 bits per heavy atom. The minimum absolute atomic E-state index is 0.0122. The average molecular weight is 495 g/mol. The van der Waals surface area contributed by atoms with Crippen molar-refractivity contribution in [3.8, 4) is 0 Å². The zero-order valence-corrected chi connectivity index (χ0v) is 21.4. The zero-order valence-electron chi connectivity index (χ0n) is 21.4. The van der Waals surface area contributed by atoms with E-state index in [2.05, 4.69) is 6.92 Å². The monoisotopic (exact) mass is 494 g/mol. The third kappa shape index (κ3) is 5.59. The van der Waals surface area contributed by atoms with Gasteiger partial charge in [0.05, 0.1) is 17.3 Å². The standard InChI is InChI=1S/C26H37F3N4O2/c1-6-20-16(2)30-22-14-21(17-9-11-19(12-10-17)26(27,28)29)31-33(22)23(20)18-8-7-13-32(15-18)24(34)35-25(3,4)5/h14,17-19H,6-13,15H2,1-5H3/t17-,18-,19-/m1/s1. The molecule has 0 unspecified atom stereocenters. The molecule has 1 amide bonds. The average Bonchev–Trinajstić information content (AvgIpc) is 3.20. The first-order valence-corrected chi connectivity index (χ1v) is 12.8. The molecule has 194 valence electrons. The first kappa shape index (κ1) is 25.8. The number of alkyl halides is 3. The SMILES string of the molecule is CCc1c(C)nc2cc([C@H]3CC[C@H](C(F)(F)F)CC3)nn2c1[C@@H]1CCCN(C(=O)OC(C)(C)C)C1. The Bertz CT molecular complexity index is 1070. The zero-order chi connectivity index (χ0) is 25.5. The van der Waals surface area contributed by atoms with Gasteiger partial charge in [0, 0.05) is 36.7 Å². The normalized spacial score (nSPS) is 24.1. The van der Waals surface area contributed by atoms with Gasteiger partial charge in [-0.15, -0.1) is 0 Å². The first-order chi connectivity index (χ1) is 16.4. The minimum Gasteiger partial charge on any atom is -0.444 e. The summed E-state index contributed by atoms with van der Waals surface area (Å²) in [6.45, 7) is 10.9. The number of aromatic nitrogens is 3. The summed E-state index contributed by atoms with van der Waals surface area (Å²) in [7, 11) is 0. The molecule has 1 saturated heterocycles. The Morgan fingerprint density at radius 2 is 1.80 bits per heavy atom. The number of fused-ring (bicyclic) bond motifs is 1. The van der Waals surface area contributed by atoms with Gasteiger partial charge in [-0.05, 0) is 78.2 Å². The van der Waals surface area contributed by atoms with Crippen LogP contribution in [0.5, 0.6) is 0 Å². The molecule has 4 rings (SSSR count). The fraction of sp³-hybridized carbons (Fsp3) is 0.731. The largest absolute Gasteiger partial charge is 0.444 e. The van der Waals surface area contributed by atoms with Gasteiger partial charge in [0.25, 0.3) is 0 Å². The second-order valence-electron chi connectivity index (χ2n) is 11.1. The molecule has 6 nitrogen and oxygen atoms in total. The molecule has 1 aliphatic carbocycles. The molecule has 0 aromatic carbocycles. The molecule has 1 atom stereocenters. The number of carbonyl (C=O) groups excluding carboxylic acids is 1. The van der Waals surface area contributed by atoms with E-state index in [0.717, 1.165) is 47.6 Å². The van der Waals surface area contributed by atoms with Crippen LogP contribution in [0, 0.1) is 12.8 Å². The van der Waals surface area contributed by atoms with E-state index in [4.69, 9.17) is 14.8 Å². The van der Waals surface area contributed by atoms with Crippen LogP contribution in [0.4, 0.5) is 18.0 Å². The lowest BCUT2D eigenvalue weighted by atomic mass is 9.80. The number of rotatable bonds is 3. The van der Waals surface area contributed by atoms with E-state index < -0.39 is 17.7 Å². The summed E-state index contributed by atoms with van der Waals surface area (Å²) < 4.78 is 46.9. The lowest BCUT2D eigenvalue weighted by Gasteiger charge is -2.35. The Balaban J connectivity index is 1.63. The quantitative estimate of drug-likeness (QED) is 0.485. The molecule has 0 radical (unpaired) electrons. The van der Waals surface area contributed by atoms with Crippen LogP contribution >= 0.6 is 0 Å². The van der Waals surface area contributed by atoms with Crippen LogP contribution in [-0.4, -0.2) is 50.5 Å². The van der Waals surface area contributed by atoms with Crippen LogP contribution in [0.15, 0.2) is 6.07 Å². The van der Waals surface area contributed by atoms with Gasteiger partial charge in [-0.25, -0.2) is 14.3 Å². The second-order valence-corrected chi connectivity index (χ2v) is 11.1. The van der Waals surface area contributed by atoms with Crippen molar-refractivity contribution in [3.05, 3.63) is 28.7 Å². The molecule has 1 aliphatic heterocycles. The predicted molar refractivity (Wildman–Crippen MR) is 128 cm³/mol. The van der Waals surface area contributed by atoms with Crippen molar-refractivity contribution >= 4 is 11.7 Å². The van der Waals surface area contributed by atoms with Crippen LogP contribution in [0.3, 0.4) is 0 Å². The van der Waals surface area contributed by atoms with Crippen molar-refractivity contribution in [3.63, 3.8) is 0 Å². The number of halogens is 3. The highest BCUT2D eigenvalue weighted by molar-refractivity contribution is 5.68. The number of ether oxygens (including phenoxy) is 1. The van der Waals surface area contributed by atoms with Crippen molar-refractivity contribution in [2.45, 2.75) is 103 Å². The van der Waals surface area contributed by atoms with E-state index in [1.165, 1.54) is 0 Å². The molecule has 2 aromatic rings. The number of hydrogen-bond donors (Lipinski definition) is 0. The smallest absolute Gasteiger partial charge is 0.410 e. The fourth-order valence-electron chi connectivity index (χ4n) is 5.66. The number of hydrogen-bond acceptors (Lipinski definition) is 4. The van der Waals surface area contributed by atoms with Gasteiger partial charge in [0.2, 0.25) is 0 Å². The number of carbonyl (C=O) groups is 1. The highest BCUT2D eigenvalue weighted by atomic mass is 19.4. The third-order valence-corrected chi connectivity index (χ3v) is 7.39. The van der Waals surface area contributed by atoms with Crippen molar-refractivity contribution in [1.82, 2.24) is 19.5 Å². The van der Waals surface area contributed by atoms with E-state index in [0.29, 0.717) is 25.9 Å².